The first-order valence-electron chi connectivity index (χ1n) is 7.96. The van der Waals surface area contributed by atoms with E-state index < -0.39 is 16.9 Å². The molecule has 4 rings (SSSR count). The van der Waals surface area contributed by atoms with Crippen molar-refractivity contribution in [2.24, 2.45) is 0 Å². The minimum Gasteiger partial charge on any atom is -0.434 e. The number of rotatable bonds is 3. The van der Waals surface area contributed by atoms with Crippen LogP contribution in [0.2, 0.25) is 15.2 Å². The zero-order valence-corrected chi connectivity index (χ0v) is 16.7. The van der Waals surface area contributed by atoms with Crippen LogP contribution in [-0.2, 0) is 0 Å². The Bertz CT molecular complexity index is 1450. The van der Waals surface area contributed by atoms with Gasteiger partial charge in [-0.25, -0.2) is 4.79 Å². The van der Waals surface area contributed by atoms with Crippen molar-refractivity contribution in [2.75, 3.05) is 0 Å². The van der Waals surface area contributed by atoms with Gasteiger partial charge in [0, 0.05) is 17.8 Å². The first-order chi connectivity index (χ1) is 14.4. The number of halogens is 3. The average Bonchev–Trinajstić information content (AvgIpc) is 2.72. The van der Waals surface area contributed by atoms with Gasteiger partial charge in [0.1, 0.15) is 6.07 Å². The summed E-state index contributed by atoms with van der Waals surface area (Å²) in [6.45, 7) is 0. The van der Waals surface area contributed by atoms with Crippen LogP contribution < -0.4 is 16.0 Å². The minimum absolute atomic E-state index is 0.00913. The molecule has 0 bridgehead atoms. The first-order valence-corrected chi connectivity index (χ1v) is 9.09. The molecule has 10 nitrogen and oxygen atoms in total. The number of aromatic amines is 1. The Morgan fingerprint density at radius 3 is 2.53 bits per heavy atom. The normalized spacial score (nSPS) is 10.7. The highest BCUT2D eigenvalue weighted by Gasteiger charge is 2.17. The molecule has 30 heavy (non-hydrogen) atoms. The average molecular weight is 463 g/mol. The summed E-state index contributed by atoms with van der Waals surface area (Å²) >= 11 is 18.6. The summed E-state index contributed by atoms with van der Waals surface area (Å²) < 4.78 is 6.53. The number of ether oxygens (including phenoxy) is 1. The number of nitrogens with one attached hydrogen (secondary N) is 1. The summed E-state index contributed by atoms with van der Waals surface area (Å²) in [6, 6.07) is 5.87. The Balaban J connectivity index is 1.81. The number of benzene rings is 1. The molecule has 13 heteroatoms. The van der Waals surface area contributed by atoms with Gasteiger partial charge in [-0.15, -0.1) is 15.3 Å². The van der Waals surface area contributed by atoms with Gasteiger partial charge >= 0.3 is 5.69 Å². The fraction of sp³-hybridized carbons (Fsp3) is 0. The number of nitrogens with zero attached hydrogens (tertiary/aromatic N) is 6. The quantitative estimate of drug-likeness (QED) is 0.490. The van der Waals surface area contributed by atoms with Crippen molar-refractivity contribution in [3.8, 4) is 23.4 Å². The molecule has 0 unspecified atom stereocenters. The van der Waals surface area contributed by atoms with Crippen LogP contribution in [0.5, 0.6) is 11.6 Å². The predicted octanol–water partition coefficient (Wildman–Crippen LogP) is 2.88. The van der Waals surface area contributed by atoms with Gasteiger partial charge in [0.05, 0.1) is 21.1 Å². The topological polar surface area (TPSA) is 139 Å². The molecule has 3 aromatic heterocycles. The predicted molar refractivity (Wildman–Crippen MR) is 108 cm³/mol. The Labute approximate surface area is 181 Å². The van der Waals surface area contributed by atoms with Crippen LogP contribution in [0.4, 0.5) is 0 Å². The van der Waals surface area contributed by atoms with Gasteiger partial charge in [0.25, 0.3) is 5.56 Å². The van der Waals surface area contributed by atoms with Crippen molar-refractivity contribution >= 4 is 45.6 Å². The minimum atomic E-state index is -0.904. The lowest BCUT2D eigenvalue weighted by molar-refractivity contribution is 0.462. The van der Waals surface area contributed by atoms with E-state index in [9.17, 15) is 9.59 Å². The maximum Gasteiger partial charge on any atom is 0.349 e. The van der Waals surface area contributed by atoms with Crippen LogP contribution >= 0.6 is 34.8 Å². The van der Waals surface area contributed by atoms with Crippen LogP contribution in [0, 0.1) is 11.3 Å². The number of H-pyrrole nitrogens is 1. The highest BCUT2D eigenvalue weighted by molar-refractivity contribution is 6.37. The molecule has 0 radical (unpaired) electrons. The van der Waals surface area contributed by atoms with E-state index in [0.717, 1.165) is 4.68 Å². The highest BCUT2D eigenvalue weighted by Crippen LogP contribution is 2.39. The Morgan fingerprint density at radius 1 is 1.10 bits per heavy atom. The van der Waals surface area contributed by atoms with E-state index in [1.54, 1.807) is 12.1 Å². The second kappa shape index (κ2) is 7.72. The second-order valence-corrected chi connectivity index (χ2v) is 6.86. The van der Waals surface area contributed by atoms with Crippen molar-refractivity contribution in [2.45, 2.75) is 0 Å². The van der Waals surface area contributed by atoms with Crippen molar-refractivity contribution in [1.29, 1.82) is 5.26 Å². The molecule has 3 heterocycles. The fourth-order valence-corrected chi connectivity index (χ4v) is 3.27. The third-order valence-electron chi connectivity index (χ3n) is 3.86. The number of hydrogen-bond donors (Lipinski definition) is 1. The van der Waals surface area contributed by atoms with E-state index in [1.165, 1.54) is 24.5 Å². The molecule has 0 aliphatic heterocycles. The van der Waals surface area contributed by atoms with Gasteiger partial charge in [-0.05, 0) is 18.2 Å². The number of pyridine rings is 1. The molecular formula is C17H6Cl3N7O3. The summed E-state index contributed by atoms with van der Waals surface area (Å²) in [5.41, 5.74) is -2.18. The SMILES string of the molecule is N#Cc1nn(-c2cc(Cl)c(Oc3nnc(Cl)c4cnccc34)c(Cl)c2)c(=O)[nH]c1=O. The molecule has 4 aromatic rings. The molecule has 1 N–H and O–H groups in total. The standard InChI is InChI=1S/C17H6Cl3N7O3/c18-10-3-7(27-17(29)23-15(28)12(5-21)26-27)4-11(19)13(10)30-16-8-1-2-22-6-9(8)14(20)24-25-16/h1-4,6H,(H,23,28,29). The van der Waals surface area contributed by atoms with Gasteiger partial charge in [-0.2, -0.15) is 9.94 Å². The molecule has 0 atom stereocenters. The Kier molecular flexibility index (Phi) is 5.09. The van der Waals surface area contributed by atoms with Crippen molar-refractivity contribution in [3.05, 3.63) is 72.3 Å². The maximum absolute atomic E-state index is 12.1. The summed E-state index contributed by atoms with van der Waals surface area (Å²) in [4.78, 5) is 29.6. The van der Waals surface area contributed by atoms with Gasteiger partial charge in [-0.3, -0.25) is 14.8 Å². The van der Waals surface area contributed by atoms with Gasteiger partial charge in [0.2, 0.25) is 11.6 Å². The van der Waals surface area contributed by atoms with E-state index in [-0.39, 0.29) is 32.5 Å². The molecule has 0 fully saturated rings. The van der Waals surface area contributed by atoms with Crippen LogP contribution in [0.25, 0.3) is 16.5 Å². The Hall–Kier alpha value is -3.52. The third-order valence-corrected chi connectivity index (χ3v) is 4.70. The van der Waals surface area contributed by atoms with E-state index in [0.29, 0.717) is 10.8 Å². The lowest BCUT2D eigenvalue weighted by Gasteiger charge is -2.12. The maximum atomic E-state index is 12.1. The third kappa shape index (κ3) is 3.46. The van der Waals surface area contributed by atoms with Crippen LogP contribution in [0.3, 0.4) is 0 Å². The van der Waals surface area contributed by atoms with E-state index >= 15 is 0 Å². The van der Waals surface area contributed by atoms with E-state index in [4.69, 9.17) is 44.8 Å². The van der Waals surface area contributed by atoms with E-state index in [1.807, 2.05) is 4.98 Å². The zero-order chi connectivity index (χ0) is 21.4. The van der Waals surface area contributed by atoms with Crippen molar-refractivity contribution in [1.82, 2.24) is 29.9 Å². The number of hydrogen-bond acceptors (Lipinski definition) is 8. The van der Waals surface area contributed by atoms with Crippen molar-refractivity contribution < 1.29 is 4.74 Å². The van der Waals surface area contributed by atoms with Crippen LogP contribution in [0.15, 0.2) is 40.2 Å². The first kappa shape index (κ1) is 19.8. The number of nitriles is 1. The fourth-order valence-electron chi connectivity index (χ4n) is 2.53. The van der Waals surface area contributed by atoms with Gasteiger partial charge < -0.3 is 4.74 Å². The van der Waals surface area contributed by atoms with E-state index in [2.05, 4.69) is 20.3 Å². The number of aromatic nitrogens is 6. The molecule has 0 saturated carbocycles. The van der Waals surface area contributed by atoms with Crippen LogP contribution in [-0.4, -0.2) is 29.9 Å². The molecule has 148 valence electrons. The van der Waals surface area contributed by atoms with Gasteiger partial charge in [-0.1, -0.05) is 34.8 Å². The Morgan fingerprint density at radius 2 is 1.83 bits per heavy atom. The molecule has 0 aliphatic carbocycles. The smallest absolute Gasteiger partial charge is 0.349 e. The zero-order valence-electron chi connectivity index (χ0n) is 14.4. The lowest BCUT2D eigenvalue weighted by Crippen LogP contribution is -2.33. The van der Waals surface area contributed by atoms with Crippen LogP contribution in [0.1, 0.15) is 5.69 Å². The van der Waals surface area contributed by atoms with Crippen molar-refractivity contribution in [3.63, 3.8) is 0 Å². The second-order valence-electron chi connectivity index (χ2n) is 5.69. The monoisotopic (exact) mass is 461 g/mol. The van der Waals surface area contributed by atoms with Gasteiger partial charge in [0.15, 0.2) is 10.9 Å². The molecular weight excluding hydrogens is 457 g/mol. The summed E-state index contributed by atoms with van der Waals surface area (Å²) in [5, 5.41) is 21.6. The summed E-state index contributed by atoms with van der Waals surface area (Å²) in [6.07, 6.45) is 3.03. The molecule has 1 aromatic carbocycles. The molecule has 0 saturated heterocycles. The molecule has 0 amide bonds. The largest absolute Gasteiger partial charge is 0.434 e. The highest BCUT2D eigenvalue weighted by atomic mass is 35.5. The molecule has 0 spiro atoms. The summed E-state index contributed by atoms with van der Waals surface area (Å²) in [5.74, 6) is 0.120. The molecule has 0 aliphatic rings. The lowest BCUT2D eigenvalue weighted by atomic mass is 10.2. The summed E-state index contributed by atoms with van der Waals surface area (Å²) in [7, 11) is 0. The number of fused-ring (bicyclic) bond motifs is 1.